The maximum absolute atomic E-state index is 10.9. The first-order valence-electron chi connectivity index (χ1n) is 5.43. The van der Waals surface area contributed by atoms with Gasteiger partial charge in [0.25, 0.3) is 0 Å². The number of hydrogen-bond acceptors (Lipinski definition) is 2. The predicted molar refractivity (Wildman–Crippen MR) is 56.7 cm³/mol. The van der Waals surface area contributed by atoms with Crippen LogP contribution in [0.1, 0.15) is 46.0 Å². The Morgan fingerprint density at radius 3 is 2.20 bits per heavy atom. The van der Waals surface area contributed by atoms with E-state index in [4.69, 9.17) is 10.2 Å². The SMILES string of the molecule is CCCCC(C)C(CCC(=O)O)C(=O)O. The van der Waals surface area contributed by atoms with Crippen molar-refractivity contribution in [3.05, 3.63) is 0 Å². The fourth-order valence-corrected chi connectivity index (χ4v) is 1.66. The van der Waals surface area contributed by atoms with E-state index in [1.165, 1.54) is 0 Å². The molecule has 88 valence electrons. The molecule has 2 unspecified atom stereocenters. The summed E-state index contributed by atoms with van der Waals surface area (Å²) in [5, 5.41) is 17.5. The maximum Gasteiger partial charge on any atom is 0.306 e. The van der Waals surface area contributed by atoms with E-state index in [0.29, 0.717) is 0 Å². The molecule has 0 saturated carbocycles. The third-order valence-corrected chi connectivity index (χ3v) is 2.69. The predicted octanol–water partition coefficient (Wildman–Crippen LogP) is 2.38. The fourth-order valence-electron chi connectivity index (χ4n) is 1.66. The van der Waals surface area contributed by atoms with Gasteiger partial charge in [-0.3, -0.25) is 9.59 Å². The second kappa shape index (κ2) is 7.26. The Morgan fingerprint density at radius 2 is 1.80 bits per heavy atom. The van der Waals surface area contributed by atoms with Crippen molar-refractivity contribution in [3.8, 4) is 0 Å². The van der Waals surface area contributed by atoms with Crippen molar-refractivity contribution in [2.24, 2.45) is 11.8 Å². The smallest absolute Gasteiger partial charge is 0.306 e. The van der Waals surface area contributed by atoms with Gasteiger partial charge in [0.1, 0.15) is 0 Å². The van der Waals surface area contributed by atoms with Crippen LogP contribution in [0.15, 0.2) is 0 Å². The minimum absolute atomic E-state index is 0.0572. The van der Waals surface area contributed by atoms with E-state index in [2.05, 4.69) is 6.92 Å². The van der Waals surface area contributed by atoms with Gasteiger partial charge in [0, 0.05) is 6.42 Å². The number of rotatable bonds is 8. The Hall–Kier alpha value is -1.06. The molecule has 0 aromatic rings. The molecule has 4 heteroatoms. The van der Waals surface area contributed by atoms with Crippen molar-refractivity contribution < 1.29 is 19.8 Å². The number of hydrogen-bond donors (Lipinski definition) is 2. The van der Waals surface area contributed by atoms with Crippen LogP contribution in [0.25, 0.3) is 0 Å². The van der Waals surface area contributed by atoms with Crippen LogP contribution >= 0.6 is 0 Å². The quantitative estimate of drug-likeness (QED) is 0.653. The van der Waals surface area contributed by atoms with Gasteiger partial charge in [-0.25, -0.2) is 0 Å². The van der Waals surface area contributed by atoms with Crippen molar-refractivity contribution in [1.82, 2.24) is 0 Å². The zero-order valence-corrected chi connectivity index (χ0v) is 9.40. The molecular formula is C11H20O4. The second-order valence-corrected chi connectivity index (χ2v) is 4.00. The lowest BCUT2D eigenvalue weighted by Crippen LogP contribution is -2.22. The lowest BCUT2D eigenvalue weighted by Gasteiger charge is -2.18. The van der Waals surface area contributed by atoms with E-state index in [9.17, 15) is 9.59 Å². The Morgan fingerprint density at radius 1 is 1.20 bits per heavy atom. The van der Waals surface area contributed by atoms with Gasteiger partial charge in [-0.2, -0.15) is 0 Å². The minimum Gasteiger partial charge on any atom is -0.481 e. The molecule has 2 N–H and O–H groups in total. The average molecular weight is 216 g/mol. The first kappa shape index (κ1) is 13.9. The van der Waals surface area contributed by atoms with Crippen LogP contribution in [0.4, 0.5) is 0 Å². The molecule has 4 nitrogen and oxygen atoms in total. The van der Waals surface area contributed by atoms with Gasteiger partial charge in [-0.15, -0.1) is 0 Å². The van der Waals surface area contributed by atoms with E-state index in [1.807, 2.05) is 6.92 Å². The highest BCUT2D eigenvalue weighted by Crippen LogP contribution is 2.23. The molecule has 0 aromatic carbocycles. The molecule has 0 rings (SSSR count). The van der Waals surface area contributed by atoms with Crippen LogP contribution in [-0.4, -0.2) is 22.2 Å². The van der Waals surface area contributed by atoms with Crippen molar-refractivity contribution in [2.75, 3.05) is 0 Å². The van der Waals surface area contributed by atoms with Crippen LogP contribution in [-0.2, 0) is 9.59 Å². The Kier molecular flexibility index (Phi) is 6.75. The summed E-state index contributed by atoms with van der Waals surface area (Å²) in [6.07, 6.45) is 3.06. The van der Waals surface area contributed by atoms with Crippen LogP contribution in [0.3, 0.4) is 0 Å². The maximum atomic E-state index is 10.9. The summed E-state index contributed by atoms with van der Waals surface area (Å²) in [5.41, 5.74) is 0. The zero-order valence-electron chi connectivity index (χ0n) is 9.40. The lowest BCUT2D eigenvalue weighted by atomic mass is 9.86. The van der Waals surface area contributed by atoms with Crippen molar-refractivity contribution in [2.45, 2.75) is 46.0 Å². The van der Waals surface area contributed by atoms with Crippen molar-refractivity contribution >= 4 is 11.9 Å². The fraction of sp³-hybridized carbons (Fsp3) is 0.818. The number of carboxylic acids is 2. The number of unbranched alkanes of at least 4 members (excludes halogenated alkanes) is 1. The topological polar surface area (TPSA) is 74.6 Å². The van der Waals surface area contributed by atoms with Gasteiger partial charge in [0.2, 0.25) is 0 Å². The molecule has 0 aromatic heterocycles. The summed E-state index contributed by atoms with van der Waals surface area (Å²) in [5.74, 6) is -2.27. The molecule has 15 heavy (non-hydrogen) atoms. The third kappa shape index (κ3) is 6.10. The lowest BCUT2D eigenvalue weighted by molar-refractivity contribution is -0.144. The Balaban J connectivity index is 4.12. The van der Waals surface area contributed by atoms with Gasteiger partial charge in [0.05, 0.1) is 5.92 Å². The van der Waals surface area contributed by atoms with Gasteiger partial charge in [-0.05, 0) is 18.8 Å². The minimum atomic E-state index is -0.927. The normalized spacial score (nSPS) is 14.5. The number of carboxylic acid groups (broad SMARTS) is 2. The van der Waals surface area contributed by atoms with E-state index >= 15 is 0 Å². The molecule has 0 aliphatic carbocycles. The second-order valence-electron chi connectivity index (χ2n) is 4.00. The molecule has 0 amide bonds. The van der Waals surface area contributed by atoms with Crippen LogP contribution < -0.4 is 0 Å². The number of aliphatic carboxylic acids is 2. The molecule has 0 radical (unpaired) electrons. The first-order chi connectivity index (χ1) is 6.99. The average Bonchev–Trinajstić information content (AvgIpc) is 2.13. The van der Waals surface area contributed by atoms with Crippen LogP contribution in [0.5, 0.6) is 0 Å². The zero-order chi connectivity index (χ0) is 11.8. The summed E-state index contributed by atoms with van der Waals surface area (Å²) in [6.45, 7) is 3.94. The van der Waals surface area contributed by atoms with Gasteiger partial charge < -0.3 is 10.2 Å². The first-order valence-corrected chi connectivity index (χ1v) is 5.43. The van der Waals surface area contributed by atoms with E-state index in [1.54, 1.807) is 0 Å². The Bertz CT molecular complexity index is 213. The molecule has 0 saturated heterocycles. The molecule has 0 heterocycles. The van der Waals surface area contributed by atoms with Crippen molar-refractivity contribution in [1.29, 1.82) is 0 Å². The van der Waals surface area contributed by atoms with Gasteiger partial charge >= 0.3 is 11.9 Å². The highest BCUT2D eigenvalue weighted by atomic mass is 16.4. The molecule has 0 fully saturated rings. The molecule has 0 aliphatic rings. The van der Waals surface area contributed by atoms with E-state index in [0.717, 1.165) is 19.3 Å². The highest BCUT2D eigenvalue weighted by Gasteiger charge is 2.24. The van der Waals surface area contributed by atoms with Gasteiger partial charge in [-0.1, -0.05) is 26.7 Å². The van der Waals surface area contributed by atoms with Crippen molar-refractivity contribution in [3.63, 3.8) is 0 Å². The summed E-state index contributed by atoms with van der Waals surface area (Å²) in [7, 11) is 0. The molecule has 0 bridgehead atoms. The van der Waals surface area contributed by atoms with Gasteiger partial charge in [0.15, 0.2) is 0 Å². The Labute approximate surface area is 90.3 Å². The van der Waals surface area contributed by atoms with Crippen LogP contribution in [0, 0.1) is 11.8 Å². The molecule has 0 aliphatic heterocycles. The summed E-state index contributed by atoms with van der Waals surface area (Å²) >= 11 is 0. The standard InChI is InChI=1S/C11H20O4/c1-3-4-5-8(2)9(11(14)15)6-7-10(12)13/h8-9H,3-7H2,1-2H3,(H,12,13)(H,14,15). The van der Waals surface area contributed by atoms with E-state index in [-0.39, 0.29) is 18.8 Å². The largest absolute Gasteiger partial charge is 0.481 e. The summed E-state index contributed by atoms with van der Waals surface area (Å²) in [6, 6.07) is 0. The third-order valence-electron chi connectivity index (χ3n) is 2.69. The summed E-state index contributed by atoms with van der Waals surface area (Å²) < 4.78 is 0. The summed E-state index contributed by atoms with van der Waals surface area (Å²) in [4.78, 5) is 21.3. The highest BCUT2D eigenvalue weighted by molar-refractivity contribution is 5.72. The van der Waals surface area contributed by atoms with Crippen LogP contribution in [0.2, 0.25) is 0 Å². The number of carbonyl (C=O) groups is 2. The molecule has 0 spiro atoms. The molecule has 2 atom stereocenters. The molecular weight excluding hydrogens is 196 g/mol. The van der Waals surface area contributed by atoms with E-state index < -0.39 is 17.9 Å². The monoisotopic (exact) mass is 216 g/mol.